The number of esters is 2. The summed E-state index contributed by atoms with van der Waals surface area (Å²) in [5, 5.41) is 3.42. The van der Waals surface area contributed by atoms with Crippen LogP contribution in [0.4, 0.5) is 5.82 Å². The topological polar surface area (TPSA) is 93.7 Å². The van der Waals surface area contributed by atoms with Crippen LogP contribution in [0.1, 0.15) is 26.7 Å². The number of carbonyl (C=O) groups excluding carboxylic acids is 2. The van der Waals surface area contributed by atoms with Gasteiger partial charge in [0.2, 0.25) is 5.28 Å². The number of hydrogen-bond donors (Lipinski definition) is 1. The van der Waals surface area contributed by atoms with Crippen molar-refractivity contribution in [3.05, 3.63) is 17.5 Å². The molecule has 0 radical (unpaired) electrons. The highest BCUT2D eigenvalue weighted by molar-refractivity contribution is 6.28. The van der Waals surface area contributed by atoms with Crippen molar-refractivity contribution in [2.24, 2.45) is 23.7 Å². The van der Waals surface area contributed by atoms with Crippen LogP contribution in [-0.2, 0) is 19.1 Å². The summed E-state index contributed by atoms with van der Waals surface area (Å²) in [5.74, 6) is 1.49. The van der Waals surface area contributed by atoms with E-state index in [1.807, 2.05) is 0 Å². The van der Waals surface area contributed by atoms with Crippen molar-refractivity contribution in [3.8, 4) is 0 Å². The van der Waals surface area contributed by atoms with E-state index in [-0.39, 0.29) is 29.1 Å². The summed E-state index contributed by atoms with van der Waals surface area (Å²) >= 11 is 5.79. The van der Waals surface area contributed by atoms with Gasteiger partial charge in [-0.05, 0) is 48.9 Å². The number of methoxy groups -OCH3 is 2. The van der Waals surface area contributed by atoms with Gasteiger partial charge in [-0.1, -0.05) is 13.8 Å². The van der Waals surface area contributed by atoms with Crippen LogP contribution >= 0.6 is 11.6 Å². The first kappa shape index (κ1) is 23.3. The van der Waals surface area contributed by atoms with Crippen LogP contribution in [0.5, 0.6) is 0 Å². The maximum atomic E-state index is 11.6. The largest absolute Gasteiger partial charge is 0.469 e. The van der Waals surface area contributed by atoms with Gasteiger partial charge < -0.3 is 19.7 Å². The molecule has 162 valence electrons. The third-order valence-electron chi connectivity index (χ3n) is 5.23. The number of aromatic nitrogens is 2. The molecule has 0 aromatic carbocycles. The molecule has 3 rings (SSSR count). The Kier molecular flexibility index (Phi) is 9.10. The van der Waals surface area contributed by atoms with Crippen molar-refractivity contribution in [3.63, 3.8) is 0 Å². The van der Waals surface area contributed by atoms with E-state index < -0.39 is 0 Å². The molecule has 0 amide bonds. The first-order valence-electron chi connectivity index (χ1n) is 9.93. The number of rotatable bonds is 3. The van der Waals surface area contributed by atoms with Crippen LogP contribution < -0.4 is 10.2 Å². The van der Waals surface area contributed by atoms with E-state index in [9.17, 15) is 9.59 Å². The highest BCUT2D eigenvalue weighted by Gasteiger charge is 2.31. The van der Waals surface area contributed by atoms with E-state index in [1.54, 1.807) is 12.3 Å². The van der Waals surface area contributed by atoms with Crippen molar-refractivity contribution < 1.29 is 19.1 Å². The minimum atomic E-state index is -0.160. The van der Waals surface area contributed by atoms with Crippen molar-refractivity contribution in [1.82, 2.24) is 15.3 Å². The summed E-state index contributed by atoms with van der Waals surface area (Å²) in [5.41, 5.74) is 0. The Balaban J connectivity index is 0.000000234. The van der Waals surface area contributed by atoms with Crippen molar-refractivity contribution >= 4 is 29.4 Å². The van der Waals surface area contributed by atoms with Crippen LogP contribution in [-0.4, -0.2) is 62.3 Å². The lowest BCUT2D eigenvalue weighted by Crippen LogP contribution is -2.43. The van der Waals surface area contributed by atoms with Crippen molar-refractivity contribution in [1.29, 1.82) is 0 Å². The number of hydrogen-bond acceptors (Lipinski definition) is 8. The Bertz CT molecular complexity index is 690. The molecule has 2 fully saturated rings. The molecule has 29 heavy (non-hydrogen) atoms. The van der Waals surface area contributed by atoms with E-state index in [0.29, 0.717) is 18.4 Å². The monoisotopic (exact) mass is 426 g/mol. The zero-order valence-corrected chi connectivity index (χ0v) is 18.3. The molecule has 0 bridgehead atoms. The summed E-state index contributed by atoms with van der Waals surface area (Å²) in [7, 11) is 2.87. The minimum Gasteiger partial charge on any atom is -0.469 e. The third-order valence-corrected chi connectivity index (χ3v) is 5.42. The molecule has 4 unspecified atom stereocenters. The van der Waals surface area contributed by atoms with Gasteiger partial charge in [0.15, 0.2) is 0 Å². The van der Waals surface area contributed by atoms with Crippen molar-refractivity contribution in [2.75, 3.05) is 45.3 Å². The van der Waals surface area contributed by atoms with Gasteiger partial charge in [-0.2, -0.15) is 0 Å². The normalized spacial score (nSPS) is 26.7. The van der Waals surface area contributed by atoms with Gasteiger partial charge in [0, 0.05) is 25.8 Å². The Labute approximate surface area is 177 Å². The predicted molar refractivity (Wildman–Crippen MR) is 111 cm³/mol. The van der Waals surface area contributed by atoms with Gasteiger partial charge >= 0.3 is 11.9 Å². The van der Waals surface area contributed by atoms with E-state index in [1.165, 1.54) is 14.2 Å². The SMILES string of the molecule is COC(=O)C1CC(C)CN(c2ccnc(Cl)n2)C1.COC(=O)C1CNCC(C)C1. The second kappa shape index (κ2) is 11.3. The average Bonchev–Trinajstić information content (AvgIpc) is 2.72. The Morgan fingerprint density at radius 3 is 2.34 bits per heavy atom. The fraction of sp³-hybridized carbons (Fsp3) is 0.700. The molecule has 1 N–H and O–H groups in total. The second-order valence-corrected chi connectivity index (χ2v) is 8.21. The molecule has 1 aromatic heterocycles. The standard InChI is InChI=1S/C12H16ClN3O2.C8H15NO2/c1-8-5-9(11(17)18-2)7-16(6-8)10-3-4-14-12(13)15-10;1-6-3-7(5-9-4-6)8(10)11-2/h3-4,8-9H,5-7H2,1-2H3;6-7,9H,3-5H2,1-2H3. The first-order valence-corrected chi connectivity index (χ1v) is 10.3. The molecule has 0 aliphatic carbocycles. The summed E-state index contributed by atoms with van der Waals surface area (Å²) in [6, 6.07) is 1.80. The fourth-order valence-corrected chi connectivity index (χ4v) is 4.02. The number of anilines is 1. The number of nitrogens with zero attached hydrogens (tertiary/aromatic N) is 3. The molecule has 1 aromatic rings. The number of ether oxygens (including phenoxy) is 2. The number of halogens is 1. The first-order chi connectivity index (χ1) is 13.8. The molecule has 2 aliphatic heterocycles. The zero-order chi connectivity index (χ0) is 21.4. The van der Waals surface area contributed by atoms with Gasteiger partial charge in [0.1, 0.15) is 5.82 Å². The van der Waals surface area contributed by atoms with Crippen LogP contribution in [0.2, 0.25) is 5.28 Å². The maximum absolute atomic E-state index is 11.6. The summed E-state index contributed by atoms with van der Waals surface area (Å²) in [4.78, 5) is 32.8. The molecule has 9 heteroatoms. The molecule has 0 saturated carbocycles. The van der Waals surface area contributed by atoms with E-state index >= 15 is 0 Å². The summed E-state index contributed by atoms with van der Waals surface area (Å²) < 4.78 is 9.48. The molecule has 0 spiro atoms. The lowest BCUT2D eigenvalue weighted by atomic mass is 9.90. The smallest absolute Gasteiger partial charge is 0.310 e. The third kappa shape index (κ3) is 7.12. The molecular formula is C20H31ClN4O4. The quantitative estimate of drug-likeness (QED) is 0.580. The van der Waals surface area contributed by atoms with Gasteiger partial charge in [0.05, 0.1) is 26.1 Å². The number of piperidine rings is 2. The Morgan fingerprint density at radius 2 is 1.72 bits per heavy atom. The molecule has 8 nitrogen and oxygen atoms in total. The van der Waals surface area contributed by atoms with Crippen LogP contribution in [0.15, 0.2) is 12.3 Å². The molecule has 3 heterocycles. The Morgan fingerprint density at radius 1 is 1.07 bits per heavy atom. The second-order valence-electron chi connectivity index (χ2n) is 7.87. The number of nitrogens with one attached hydrogen (secondary N) is 1. The molecule has 2 aliphatic rings. The predicted octanol–water partition coefficient (Wildman–Crippen LogP) is 2.17. The molecule has 2 saturated heterocycles. The highest BCUT2D eigenvalue weighted by atomic mass is 35.5. The van der Waals surface area contributed by atoms with Gasteiger partial charge in [-0.25, -0.2) is 9.97 Å². The van der Waals surface area contributed by atoms with Gasteiger partial charge in [-0.15, -0.1) is 0 Å². The maximum Gasteiger partial charge on any atom is 0.310 e. The van der Waals surface area contributed by atoms with E-state index in [0.717, 1.165) is 38.3 Å². The Hall–Kier alpha value is -1.93. The average molecular weight is 427 g/mol. The molecular weight excluding hydrogens is 396 g/mol. The lowest BCUT2D eigenvalue weighted by molar-refractivity contribution is -0.147. The minimum absolute atomic E-state index is 0.0729. The van der Waals surface area contributed by atoms with E-state index in [4.69, 9.17) is 16.3 Å². The van der Waals surface area contributed by atoms with Gasteiger partial charge in [0.25, 0.3) is 0 Å². The van der Waals surface area contributed by atoms with Crippen LogP contribution in [0, 0.1) is 23.7 Å². The zero-order valence-electron chi connectivity index (χ0n) is 17.6. The summed E-state index contributed by atoms with van der Waals surface area (Å²) in [6.45, 7) is 7.53. The fourth-order valence-electron chi connectivity index (χ4n) is 3.88. The summed E-state index contributed by atoms with van der Waals surface area (Å²) in [6.07, 6.45) is 3.43. The van der Waals surface area contributed by atoms with Crippen LogP contribution in [0.25, 0.3) is 0 Å². The van der Waals surface area contributed by atoms with Crippen LogP contribution in [0.3, 0.4) is 0 Å². The molecule has 4 atom stereocenters. The van der Waals surface area contributed by atoms with E-state index in [2.05, 4.69) is 38.8 Å². The van der Waals surface area contributed by atoms with Gasteiger partial charge in [-0.3, -0.25) is 9.59 Å². The van der Waals surface area contributed by atoms with Crippen molar-refractivity contribution in [2.45, 2.75) is 26.7 Å². The number of carbonyl (C=O) groups is 2. The highest BCUT2D eigenvalue weighted by Crippen LogP contribution is 2.26. The lowest BCUT2D eigenvalue weighted by Gasteiger charge is -2.35.